The van der Waals surface area contributed by atoms with Gasteiger partial charge in [0.25, 0.3) is 0 Å². The van der Waals surface area contributed by atoms with Gasteiger partial charge >= 0.3 is 0 Å². The van der Waals surface area contributed by atoms with Crippen LogP contribution in [0, 0.1) is 0 Å². The Kier molecular flexibility index (Phi) is 3.22. The first-order chi connectivity index (χ1) is 7.74. The predicted molar refractivity (Wildman–Crippen MR) is 62.2 cm³/mol. The maximum atomic E-state index is 5.82. The lowest BCUT2D eigenvalue weighted by molar-refractivity contribution is 0.300. The fourth-order valence-corrected chi connectivity index (χ4v) is 1.34. The Morgan fingerprint density at radius 3 is 2.75 bits per heavy atom. The van der Waals surface area contributed by atoms with Crippen LogP contribution in [0.3, 0.4) is 0 Å². The molecule has 2 aromatic rings. The van der Waals surface area contributed by atoms with Crippen LogP contribution in [0.2, 0.25) is 5.02 Å². The average molecular weight is 236 g/mol. The summed E-state index contributed by atoms with van der Waals surface area (Å²) in [6.07, 6.45) is 0. The lowest BCUT2D eigenvalue weighted by Crippen LogP contribution is -2.01. The van der Waals surface area contributed by atoms with E-state index in [-0.39, 0.29) is 0 Å². The Balaban J connectivity index is 1.99. The molecule has 82 valence electrons. The SMILES string of the molecule is Nc1ccc(COc2cccc(Cl)c2)nn1. The molecule has 2 N–H and O–H groups in total. The number of nitrogen functional groups attached to an aromatic ring is 1. The van der Waals surface area contributed by atoms with E-state index in [9.17, 15) is 0 Å². The van der Waals surface area contributed by atoms with E-state index in [1.807, 2.05) is 12.1 Å². The minimum atomic E-state index is 0.341. The number of hydrogen-bond acceptors (Lipinski definition) is 4. The minimum absolute atomic E-state index is 0.341. The zero-order chi connectivity index (χ0) is 11.4. The van der Waals surface area contributed by atoms with Crippen molar-refractivity contribution >= 4 is 17.4 Å². The number of halogens is 1. The van der Waals surface area contributed by atoms with E-state index in [4.69, 9.17) is 22.1 Å². The first kappa shape index (κ1) is 10.7. The highest BCUT2D eigenvalue weighted by molar-refractivity contribution is 6.30. The van der Waals surface area contributed by atoms with E-state index < -0.39 is 0 Å². The number of anilines is 1. The molecule has 1 aromatic heterocycles. The Morgan fingerprint density at radius 2 is 2.06 bits per heavy atom. The van der Waals surface area contributed by atoms with Gasteiger partial charge < -0.3 is 10.5 Å². The van der Waals surface area contributed by atoms with Gasteiger partial charge in [-0.3, -0.25) is 0 Å². The molecule has 0 amide bonds. The summed E-state index contributed by atoms with van der Waals surface area (Å²) in [7, 11) is 0. The molecule has 0 fully saturated rings. The lowest BCUT2D eigenvalue weighted by atomic mass is 10.3. The van der Waals surface area contributed by atoms with Gasteiger partial charge in [-0.2, -0.15) is 0 Å². The molecular formula is C11H10ClN3O. The summed E-state index contributed by atoms with van der Waals surface area (Å²) < 4.78 is 5.48. The van der Waals surface area contributed by atoms with Crippen molar-refractivity contribution in [1.82, 2.24) is 10.2 Å². The molecule has 1 heterocycles. The number of aromatic nitrogens is 2. The largest absolute Gasteiger partial charge is 0.487 e. The molecule has 2 rings (SSSR count). The van der Waals surface area contributed by atoms with Gasteiger partial charge in [0.15, 0.2) is 0 Å². The van der Waals surface area contributed by atoms with Gasteiger partial charge in [-0.25, -0.2) is 0 Å². The third kappa shape index (κ3) is 2.84. The molecule has 0 saturated heterocycles. The van der Waals surface area contributed by atoms with Crippen LogP contribution in [-0.2, 0) is 6.61 Å². The summed E-state index contributed by atoms with van der Waals surface area (Å²) in [5.74, 6) is 1.10. The van der Waals surface area contributed by atoms with E-state index in [0.29, 0.717) is 28.9 Å². The highest BCUT2D eigenvalue weighted by Crippen LogP contribution is 2.17. The smallest absolute Gasteiger partial charge is 0.146 e. The number of hydrogen-bond donors (Lipinski definition) is 1. The van der Waals surface area contributed by atoms with Crippen LogP contribution in [0.25, 0.3) is 0 Å². The molecule has 0 bridgehead atoms. The van der Waals surface area contributed by atoms with Crippen LogP contribution in [-0.4, -0.2) is 10.2 Å². The van der Waals surface area contributed by atoms with Crippen LogP contribution >= 0.6 is 11.6 Å². The van der Waals surface area contributed by atoms with E-state index in [1.165, 1.54) is 0 Å². The summed E-state index contributed by atoms with van der Waals surface area (Å²) in [5.41, 5.74) is 6.14. The number of nitrogens with zero attached hydrogens (tertiary/aromatic N) is 2. The normalized spacial score (nSPS) is 10.1. The summed E-state index contributed by atoms with van der Waals surface area (Å²) in [4.78, 5) is 0. The van der Waals surface area contributed by atoms with Gasteiger partial charge in [0.2, 0.25) is 0 Å². The summed E-state index contributed by atoms with van der Waals surface area (Å²) in [6.45, 7) is 0.341. The molecule has 0 unspecified atom stereocenters. The van der Waals surface area contributed by atoms with E-state index in [1.54, 1.807) is 24.3 Å². The first-order valence-corrected chi connectivity index (χ1v) is 5.08. The molecule has 0 aliphatic carbocycles. The molecule has 4 nitrogen and oxygen atoms in total. The predicted octanol–water partition coefficient (Wildman–Crippen LogP) is 2.29. The van der Waals surface area contributed by atoms with Crippen molar-refractivity contribution in [2.24, 2.45) is 0 Å². The third-order valence-electron chi connectivity index (χ3n) is 1.92. The van der Waals surface area contributed by atoms with E-state index in [2.05, 4.69) is 10.2 Å². The van der Waals surface area contributed by atoms with Crippen molar-refractivity contribution in [2.75, 3.05) is 5.73 Å². The van der Waals surface area contributed by atoms with Crippen molar-refractivity contribution in [3.8, 4) is 5.75 Å². The van der Waals surface area contributed by atoms with Crippen molar-refractivity contribution in [3.05, 3.63) is 47.1 Å². The number of ether oxygens (including phenoxy) is 1. The maximum Gasteiger partial charge on any atom is 0.146 e. The Morgan fingerprint density at radius 1 is 1.19 bits per heavy atom. The minimum Gasteiger partial charge on any atom is -0.487 e. The van der Waals surface area contributed by atoms with Crippen molar-refractivity contribution in [1.29, 1.82) is 0 Å². The Bertz CT molecular complexity index is 473. The molecule has 0 aliphatic heterocycles. The second-order valence-corrected chi connectivity index (χ2v) is 3.63. The highest BCUT2D eigenvalue weighted by atomic mass is 35.5. The van der Waals surface area contributed by atoms with Gasteiger partial charge in [-0.1, -0.05) is 17.7 Å². The summed E-state index contributed by atoms with van der Waals surface area (Å²) >= 11 is 5.82. The molecule has 0 aliphatic rings. The van der Waals surface area contributed by atoms with Gasteiger partial charge in [0.05, 0.1) is 0 Å². The van der Waals surface area contributed by atoms with Crippen LogP contribution < -0.4 is 10.5 Å². The number of benzene rings is 1. The van der Waals surface area contributed by atoms with Crippen molar-refractivity contribution < 1.29 is 4.74 Å². The molecular weight excluding hydrogens is 226 g/mol. The molecule has 0 saturated carbocycles. The average Bonchev–Trinajstić information content (AvgIpc) is 2.28. The van der Waals surface area contributed by atoms with E-state index in [0.717, 1.165) is 0 Å². The maximum absolute atomic E-state index is 5.82. The van der Waals surface area contributed by atoms with Gasteiger partial charge in [-0.15, -0.1) is 10.2 Å². The molecule has 5 heteroatoms. The third-order valence-corrected chi connectivity index (χ3v) is 2.16. The van der Waals surface area contributed by atoms with Gasteiger partial charge in [0.1, 0.15) is 23.9 Å². The highest BCUT2D eigenvalue weighted by Gasteiger charge is 1.98. The van der Waals surface area contributed by atoms with Crippen molar-refractivity contribution in [2.45, 2.75) is 6.61 Å². The second-order valence-electron chi connectivity index (χ2n) is 3.20. The zero-order valence-electron chi connectivity index (χ0n) is 8.43. The van der Waals surface area contributed by atoms with Gasteiger partial charge in [0, 0.05) is 5.02 Å². The molecule has 0 radical (unpaired) electrons. The quantitative estimate of drug-likeness (QED) is 0.887. The van der Waals surface area contributed by atoms with Crippen LogP contribution in [0.4, 0.5) is 5.82 Å². The monoisotopic (exact) mass is 235 g/mol. The molecule has 1 aromatic carbocycles. The van der Waals surface area contributed by atoms with Crippen LogP contribution in [0.15, 0.2) is 36.4 Å². The Hall–Kier alpha value is -1.81. The fourth-order valence-electron chi connectivity index (χ4n) is 1.16. The molecule has 0 atom stereocenters. The zero-order valence-corrected chi connectivity index (χ0v) is 9.19. The lowest BCUT2D eigenvalue weighted by Gasteiger charge is -2.05. The summed E-state index contributed by atoms with van der Waals surface area (Å²) in [5, 5.41) is 8.25. The number of rotatable bonds is 3. The molecule has 16 heavy (non-hydrogen) atoms. The molecule has 0 spiro atoms. The fraction of sp³-hybridized carbons (Fsp3) is 0.0909. The summed E-state index contributed by atoms with van der Waals surface area (Å²) in [6, 6.07) is 10.6. The van der Waals surface area contributed by atoms with Crippen LogP contribution in [0.1, 0.15) is 5.69 Å². The standard InChI is InChI=1S/C11H10ClN3O/c12-8-2-1-3-10(6-8)16-7-9-4-5-11(13)15-14-9/h1-6H,7H2,(H2,13,15). The number of nitrogens with two attached hydrogens (primary N) is 1. The Labute approximate surface area is 98.0 Å². The van der Waals surface area contributed by atoms with Crippen molar-refractivity contribution in [3.63, 3.8) is 0 Å². The van der Waals surface area contributed by atoms with E-state index >= 15 is 0 Å². The topological polar surface area (TPSA) is 61.0 Å². The first-order valence-electron chi connectivity index (χ1n) is 4.70. The van der Waals surface area contributed by atoms with Gasteiger partial charge in [-0.05, 0) is 30.3 Å². The second kappa shape index (κ2) is 4.81. The van der Waals surface area contributed by atoms with Crippen LogP contribution in [0.5, 0.6) is 5.75 Å².